The normalized spacial score (nSPS) is 12.0. The molecular formula is C16H20N4O3S3. The third-order valence-corrected chi connectivity index (χ3v) is 7.00. The summed E-state index contributed by atoms with van der Waals surface area (Å²) in [5.74, 6) is 1.18. The summed E-state index contributed by atoms with van der Waals surface area (Å²) in [6, 6.07) is 7.00. The van der Waals surface area contributed by atoms with Crippen molar-refractivity contribution in [3.8, 4) is 5.75 Å². The number of nitrogens with zero attached hydrogens (tertiary/aromatic N) is 2. The van der Waals surface area contributed by atoms with Crippen molar-refractivity contribution in [1.29, 1.82) is 0 Å². The Morgan fingerprint density at radius 3 is 2.46 bits per heavy atom. The number of thioether (sulfide) groups is 2. The number of aromatic nitrogens is 2. The quantitative estimate of drug-likeness (QED) is 0.641. The first kappa shape index (κ1) is 20.5. The van der Waals surface area contributed by atoms with Crippen molar-refractivity contribution in [3.05, 3.63) is 29.8 Å². The third-order valence-electron chi connectivity index (χ3n) is 3.25. The second-order valence-corrected chi connectivity index (χ2v) is 9.20. The van der Waals surface area contributed by atoms with Gasteiger partial charge in [-0.05, 0) is 23.6 Å². The molecule has 3 N–H and O–H groups in total. The number of nitrogens with one attached hydrogen (secondary N) is 1. The van der Waals surface area contributed by atoms with Gasteiger partial charge in [-0.3, -0.25) is 10.1 Å². The fraction of sp³-hybridized carbons (Fsp3) is 0.375. The van der Waals surface area contributed by atoms with E-state index in [9.17, 15) is 9.59 Å². The lowest BCUT2D eigenvalue weighted by atomic mass is 10.1. The van der Waals surface area contributed by atoms with E-state index < -0.39 is 17.2 Å². The van der Waals surface area contributed by atoms with Crippen molar-refractivity contribution < 1.29 is 14.3 Å². The highest BCUT2D eigenvalue weighted by molar-refractivity contribution is 8.03. The molecule has 140 valence electrons. The zero-order chi connectivity index (χ0) is 19.1. The van der Waals surface area contributed by atoms with Crippen LogP contribution in [0.4, 0.5) is 4.79 Å². The van der Waals surface area contributed by atoms with Crippen LogP contribution in [0.15, 0.2) is 32.9 Å². The number of urea groups is 1. The highest BCUT2D eigenvalue weighted by Gasteiger charge is 2.26. The average molecular weight is 413 g/mol. The van der Waals surface area contributed by atoms with Gasteiger partial charge in [0.15, 0.2) is 8.68 Å². The van der Waals surface area contributed by atoms with Crippen molar-refractivity contribution in [2.24, 2.45) is 11.7 Å². The van der Waals surface area contributed by atoms with Crippen LogP contribution in [-0.4, -0.2) is 34.5 Å². The van der Waals surface area contributed by atoms with Crippen molar-refractivity contribution in [3.63, 3.8) is 0 Å². The van der Waals surface area contributed by atoms with Gasteiger partial charge in [-0.15, -0.1) is 10.2 Å². The van der Waals surface area contributed by atoms with Gasteiger partial charge in [-0.2, -0.15) is 0 Å². The van der Waals surface area contributed by atoms with Gasteiger partial charge in [0, 0.05) is 5.75 Å². The Morgan fingerprint density at radius 2 is 1.88 bits per heavy atom. The molecule has 0 aliphatic rings. The van der Waals surface area contributed by atoms with E-state index in [1.165, 1.54) is 23.1 Å². The molecule has 0 fully saturated rings. The molecule has 0 saturated carbocycles. The number of amides is 3. The summed E-state index contributed by atoms with van der Waals surface area (Å²) in [6.45, 7) is 3.80. The largest absolute Gasteiger partial charge is 0.497 e. The molecule has 0 aliphatic carbocycles. The maximum Gasteiger partial charge on any atom is 0.318 e. The predicted molar refractivity (Wildman–Crippen MR) is 105 cm³/mol. The van der Waals surface area contributed by atoms with Crippen LogP contribution >= 0.6 is 34.9 Å². The van der Waals surface area contributed by atoms with Crippen molar-refractivity contribution >= 4 is 46.8 Å². The maximum atomic E-state index is 12.1. The number of imide groups is 1. The maximum absolute atomic E-state index is 12.1. The minimum atomic E-state index is -0.853. The zero-order valence-corrected chi connectivity index (χ0v) is 17.0. The Balaban J connectivity index is 1.94. The second-order valence-electron chi connectivity index (χ2n) is 5.61. The van der Waals surface area contributed by atoms with Crippen molar-refractivity contribution in [1.82, 2.24) is 15.5 Å². The number of methoxy groups -OCH3 is 1. The van der Waals surface area contributed by atoms with E-state index in [1.54, 1.807) is 18.9 Å². The number of nitrogens with two attached hydrogens (primary N) is 1. The van der Waals surface area contributed by atoms with Crippen LogP contribution in [0, 0.1) is 5.92 Å². The van der Waals surface area contributed by atoms with E-state index in [4.69, 9.17) is 10.5 Å². The Labute approximate surface area is 164 Å². The van der Waals surface area contributed by atoms with E-state index in [0.717, 1.165) is 21.4 Å². The first-order valence-electron chi connectivity index (χ1n) is 7.75. The van der Waals surface area contributed by atoms with E-state index in [0.29, 0.717) is 4.34 Å². The Hall–Kier alpha value is -1.78. The van der Waals surface area contributed by atoms with Crippen LogP contribution in [0.1, 0.15) is 19.4 Å². The second kappa shape index (κ2) is 9.79. The fourth-order valence-electron chi connectivity index (χ4n) is 1.96. The number of primary amides is 1. The van der Waals surface area contributed by atoms with Crippen LogP contribution < -0.4 is 15.8 Å². The molecule has 26 heavy (non-hydrogen) atoms. The summed E-state index contributed by atoms with van der Waals surface area (Å²) in [5.41, 5.74) is 6.18. The van der Waals surface area contributed by atoms with Gasteiger partial charge in [-0.1, -0.05) is 60.8 Å². The monoisotopic (exact) mass is 412 g/mol. The predicted octanol–water partition coefficient (Wildman–Crippen LogP) is 3.15. The summed E-state index contributed by atoms with van der Waals surface area (Å²) in [5, 5.41) is 9.96. The van der Waals surface area contributed by atoms with E-state index >= 15 is 0 Å². The molecule has 0 saturated heterocycles. The molecule has 3 amide bonds. The number of benzene rings is 1. The van der Waals surface area contributed by atoms with Gasteiger partial charge < -0.3 is 10.5 Å². The van der Waals surface area contributed by atoms with Gasteiger partial charge in [0.25, 0.3) is 0 Å². The summed E-state index contributed by atoms with van der Waals surface area (Å²) in [7, 11) is 1.64. The van der Waals surface area contributed by atoms with Crippen LogP contribution in [0.25, 0.3) is 0 Å². The van der Waals surface area contributed by atoms with Gasteiger partial charge >= 0.3 is 6.03 Å². The standard InChI is InChI=1S/C16H20N4O3S3/c1-9(2)12(13(21)18-14(17)22)25-16-20-19-15(26-16)24-8-10-4-6-11(23-3)7-5-10/h4-7,9,12H,8H2,1-3H3,(H3,17,18,21,22)/t12-/m1/s1. The molecule has 7 nitrogen and oxygen atoms in total. The molecule has 1 heterocycles. The average Bonchev–Trinajstić information content (AvgIpc) is 3.05. The smallest absolute Gasteiger partial charge is 0.318 e. The van der Waals surface area contributed by atoms with Crippen LogP contribution in [0.3, 0.4) is 0 Å². The van der Waals surface area contributed by atoms with Crippen LogP contribution in [-0.2, 0) is 10.5 Å². The first-order chi connectivity index (χ1) is 12.4. The molecule has 1 aromatic carbocycles. The lowest BCUT2D eigenvalue weighted by Crippen LogP contribution is -2.42. The molecule has 1 atom stereocenters. The minimum absolute atomic E-state index is 0.0126. The molecule has 0 bridgehead atoms. The molecule has 10 heteroatoms. The topological polar surface area (TPSA) is 107 Å². The van der Waals surface area contributed by atoms with E-state index in [1.807, 2.05) is 38.1 Å². The van der Waals surface area contributed by atoms with Gasteiger partial charge in [-0.25, -0.2) is 4.79 Å². The molecule has 2 aromatic rings. The van der Waals surface area contributed by atoms with E-state index in [2.05, 4.69) is 15.5 Å². The molecule has 0 spiro atoms. The van der Waals surface area contributed by atoms with Gasteiger partial charge in [0.05, 0.1) is 12.4 Å². The lowest BCUT2D eigenvalue weighted by molar-refractivity contribution is -0.120. The third kappa shape index (κ3) is 6.19. The lowest BCUT2D eigenvalue weighted by Gasteiger charge is -2.16. The van der Waals surface area contributed by atoms with Crippen molar-refractivity contribution in [2.45, 2.75) is 33.5 Å². The molecule has 0 aliphatic heterocycles. The Morgan fingerprint density at radius 1 is 1.23 bits per heavy atom. The highest BCUT2D eigenvalue weighted by atomic mass is 32.2. The summed E-state index contributed by atoms with van der Waals surface area (Å²) in [4.78, 5) is 23.0. The highest BCUT2D eigenvalue weighted by Crippen LogP contribution is 2.34. The van der Waals surface area contributed by atoms with Crippen molar-refractivity contribution in [2.75, 3.05) is 7.11 Å². The number of carbonyl (C=O) groups is 2. The number of hydrogen-bond acceptors (Lipinski definition) is 8. The molecule has 0 radical (unpaired) electrons. The number of hydrogen-bond donors (Lipinski definition) is 2. The Bertz CT molecular complexity index is 749. The molecule has 2 rings (SSSR count). The minimum Gasteiger partial charge on any atom is -0.497 e. The van der Waals surface area contributed by atoms with Crippen LogP contribution in [0.5, 0.6) is 5.75 Å². The first-order valence-corrected chi connectivity index (χ1v) is 10.4. The molecule has 1 aromatic heterocycles. The summed E-state index contributed by atoms with van der Waals surface area (Å²) in [6.07, 6.45) is 0. The molecular weight excluding hydrogens is 392 g/mol. The van der Waals surface area contributed by atoms with Crippen LogP contribution in [0.2, 0.25) is 0 Å². The zero-order valence-electron chi connectivity index (χ0n) is 14.6. The number of rotatable bonds is 8. The van der Waals surface area contributed by atoms with Gasteiger partial charge in [0.1, 0.15) is 5.75 Å². The number of ether oxygens (including phenoxy) is 1. The van der Waals surface area contributed by atoms with Gasteiger partial charge in [0.2, 0.25) is 5.91 Å². The fourth-order valence-corrected chi connectivity index (χ4v) is 5.15. The molecule has 0 unspecified atom stereocenters. The van der Waals surface area contributed by atoms with E-state index in [-0.39, 0.29) is 5.92 Å². The number of carbonyl (C=O) groups excluding carboxylic acids is 2. The summed E-state index contributed by atoms with van der Waals surface area (Å²) >= 11 is 4.29. The SMILES string of the molecule is COc1ccc(CSc2nnc(S[C@@H](C(=O)NC(N)=O)C(C)C)s2)cc1. The summed E-state index contributed by atoms with van der Waals surface area (Å²) < 4.78 is 6.64. The Kier molecular flexibility index (Phi) is 7.73.